The summed E-state index contributed by atoms with van der Waals surface area (Å²) in [6.07, 6.45) is 4.13. The second kappa shape index (κ2) is 8.79. The molecule has 2 aromatic rings. The number of alkyl carbamates (subject to hydrolysis) is 1. The van der Waals surface area contributed by atoms with Crippen molar-refractivity contribution in [3.63, 3.8) is 0 Å². The molecule has 0 radical (unpaired) electrons. The molecule has 0 aromatic heterocycles. The fraction of sp³-hybridized carbons (Fsp3) is 0.552. The molecule has 1 amide bonds. The average Bonchev–Trinajstić information content (AvgIpc) is 3.03. The van der Waals surface area contributed by atoms with E-state index in [-0.39, 0.29) is 23.7 Å². The standard InChI is InChI=1S/C29H38N2O2/c1-19(2)14-20-6-5-7-22(15-20)23-8-9-25-24(16-23)17-29(3,4)27(25)30-28(32)33-26-18-31-12-10-21(26)11-13-31/h5-9,15-16,19,21,26-27H,10-14,17-18H2,1-4H3,(H,30,32)/t26-,27?/m1/s1. The van der Waals surface area contributed by atoms with Crippen molar-refractivity contribution in [2.45, 2.75) is 65.5 Å². The Morgan fingerprint density at radius 1 is 1.12 bits per heavy atom. The lowest BCUT2D eigenvalue weighted by atomic mass is 9.85. The summed E-state index contributed by atoms with van der Waals surface area (Å²) in [6.45, 7) is 12.2. The Labute approximate surface area is 198 Å². The number of ether oxygens (including phenoxy) is 1. The van der Waals surface area contributed by atoms with Gasteiger partial charge in [-0.3, -0.25) is 4.90 Å². The van der Waals surface area contributed by atoms with Crippen molar-refractivity contribution < 1.29 is 9.53 Å². The first kappa shape index (κ1) is 22.5. The molecule has 1 N–H and O–H groups in total. The van der Waals surface area contributed by atoms with Crippen LogP contribution in [0.15, 0.2) is 42.5 Å². The maximum atomic E-state index is 12.9. The van der Waals surface area contributed by atoms with E-state index in [0.29, 0.717) is 11.8 Å². The zero-order valence-corrected chi connectivity index (χ0v) is 20.6. The van der Waals surface area contributed by atoms with Gasteiger partial charge in [-0.05, 0) is 83.8 Å². The summed E-state index contributed by atoms with van der Waals surface area (Å²) in [4.78, 5) is 15.3. The van der Waals surface area contributed by atoms with Crippen LogP contribution in [0.1, 0.15) is 63.3 Å². The van der Waals surface area contributed by atoms with Gasteiger partial charge in [-0.15, -0.1) is 0 Å². The molecule has 33 heavy (non-hydrogen) atoms. The maximum Gasteiger partial charge on any atom is 0.407 e. The predicted octanol–water partition coefficient (Wildman–Crippen LogP) is 6.00. The van der Waals surface area contributed by atoms with Gasteiger partial charge in [-0.1, -0.05) is 70.2 Å². The highest BCUT2D eigenvalue weighted by molar-refractivity contribution is 5.70. The van der Waals surface area contributed by atoms with Crippen molar-refractivity contribution in [1.82, 2.24) is 10.2 Å². The van der Waals surface area contributed by atoms with E-state index in [1.54, 1.807) is 0 Å². The fourth-order valence-corrected chi connectivity index (χ4v) is 6.19. The van der Waals surface area contributed by atoms with E-state index >= 15 is 0 Å². The monoisotopic (exact) mass is 446 g/mol. The van der Waals surface area contributed by atoms with Crippen LogP contribution in [0.3, 0.4) is 0 Å². The lowest BCUT2D eigenvalue weighted by molar-refractivity contribution is -0.0348. The third-order valence-electron chi connectivity index (χ3n) is 7.90. The predicted molar refractivity (Wildman–Crippen MR) is 133 cm³/mol. The minimum Gasteiger partial charge on any atom is -0.445 e. The molecule has 2 atom stereocenters. The average molecular weight is 447 g/mol. The van der Waals surface area contributed by atoms with Gasteiger partial charge in [0.25, 0.3) is 0 Å². The first-order valence-corrected chi connectivity index (χ1v) is 12.7. The quantitative estimate of drug-likeness (QED) is 0.613. The van der Waals surface area contributed by atoms with E-state index in [1.807, 2.05) is 0 Å². The molecular weight excluding hydrogens is 408 g/mol. The van der Waals surface area contributed by atoms with E-state index in [4.69, 9.17) is 4.74 Å². The molecule has 6 rings (SSSR count). The Balaban J connectivity index is 1.32. The largest absolute Gasteiger partial charge is 0.445 e. The van der Waals surface area contributed by atoms with Gasteiger partial charge in [-0.2, -0.15) is 0 Å². The van der Waals surface area contributed by atoms with E-state index in [1.165, 1.54) is 27.8 Å². The SMILES string of the molecule is CC(C)Cc1cccc(-c2ccc3c(c2)CC(C)(C)C3NC(=O)O[C@@H]2CN3CCC2CC3)c1. The van der Waals surface area contributed by atoms with Crippen molar-refractivity contribution in [3.8, 4) is 11.1 Å². The van der Waals surface area contributed by atoms with Crippen molar-refractivity contribution in [3.05, 3.63) is 59.2 Å². The van der Waals surface area contributed by atoms with Crippen molar-refractivity contribution >= 4 is 6.09 Å². The third-order valence-corrected chi connectivity index (χ3v) is 7.90. The van der Waals surface area contributed by atoms with Crippen molar-refractivity contribution in [1.29, 1.82) is 0 Å². The summed E-state index contributed by atoms with van der Waals surface area (Å²) in [5, 5.41) is 3.24. The van der Waals surface area contributed by atoms with Crippen molar-refractivity contribution in [2.75, 3.05) is 19.6 Å². The molecule has 4 heteroatoms. The van der Waals surface area contributed by atoms with Crippen LogP contribution in [0.25, 0.3) is 11.1 Å². The second-order valence-corrected chi connectivity index (χ2v) is 11.5. The molecule has 3 aliphatic heterocycles. The lowest BCUT2D eigenvalue weighted by Gasteiger charge is -2.44. The van der Waals surface area contributed by atoms with Gasteiger partial charge < -0.3 is 10.1 Å². The van der Waals surface area contributed by atoms with Crippen LogP contribution >= 0.6 is 0 Å². The van der Waals surface area contributed by atoms with Gasteiger partial charge >= 0.3 is 6.09 Å². The molecule has 4 aliphatic rings. The third kappa shape index (κ3) is 4.68. The van der Waals surface area contributed by atoms with Crippen LogP contribution in [-0.4, -0.2) is 36.7 Å². The number of piperidine rings is 3. The highest BCUT2D eigenvalue weighted by atomic mass is 16.6. The highest BCUT2D eigenvalue weighted by Crippen LogP contribution is 2.46. The summed E-state index contributed by atoms with van der Waals surface area (Å²) in [5.74, 6) is 1.17. The maximum absolute atomic E-state index is 12.9. The number of rotatable bonds is 5. The molecular formula is C29H38N2O2. The number of hydrogen-bond acceptors (Lipinski definition) is 3. The Morgan fingerprint density at radius 2 is 1.88 bits per heavy atom. The lowest BCUT2D eigenvalue weighted by Crippen LogP contribution is -2.53. The molecule has 2 bridgehead atoms. The zero-order chi connectivity index (χ0) is 23.2. The van der Waals surface area contributed by atoms with Gasteiger partial charge in [-0.25, -0.2) is 4.79 Å². The minimum atomic E-state index is -0.259. The van der Waals surface area contributed by atoms with Crippen LogP contribution in [0.5, 0.6) is 0 Å². The number of benzene rings is 2. The number of hydrogen-bond donors (Lipinski definition) is 1. The Hall–Kier alpha value is -2.33. The highest BCUT2D eigenvalue weighted by Gasteiger charge is 2.42. The molecule has 3 fully saturated rings. The fourth-order valence-electron chi connectivity index (χ4n) is 6.19. The first-order valence-electron chi connectivity index (χ1n) is 12.7. The molecule has 4 nitrogen and oxygen atoms in total. The number of carbonyl (C=O) groups excluding carboxylic acids is 1. The molecule has 0 spiro atoms. The minimum absolute atomic E-state index is 0.0255. The second-order valence-electron chi connectivity index (χ2n) is 11.5. The smallest absolute Gasteiger partial charge is 0.407 e. The molecule has 3 heterocycles. The molecule has 2 aromatic carbocycles. The van der Waals surface area contributed by atoms with E-state index < -0.39 is 0 Å². The Bertz CT molecular complexity index is 1020. The molecule has 1 unspecified atom stereocenters. The number of nitrogens with one attached hydrogen (secondary N) is 1. The van der Waals surface area contributed by atoms with E-state index in [2.05, 4.69) is 80.4 Å². The Kier molecular flexibility index (Phi) is 5.98. The summed E-state index contributed by atoms with van der Waals surface area (Å²) in [7, 11) is 0. The van der Waals surface area contributed by atoms with Crippen LogP contribution in [0.4, 0.5) is 4.79 Å². The topological polar surface area (TPSA) is 41.6 Å². The van der Waals surface area contributed by atoms with Crippen molar-refractivity contribution in [2.24, 2.45) is 17.3 Å². The normalized spacial score (nSPS) is 27.4. The van der Waals surface area contributed by atoms with Crippen LogP contribution < -0.4 is 5.32 Å². The van der Waals surface area contributed by atoms with Gasteiger partial charge in [0.05, 0.1) is 6.04 Å². The summed E-state index contributed by atoms with van der Waals surface area (Å²) < 4.78 is 5.94. The summed E-state index contributed by atoms with van der Waals surface area (Å²) >= 11 is 0. The van der Waals surface area contributed by atoms with Crippen LogP contribution in [0, 0.1) is 17.3 Å². The Morgan fingerprint density at radius 3 is 2.58 bits per heavy atom. The van der Waals surface area contributed by atoms with E-state index in [0.717, 1.165) is 45.3 Å². The first-order chi connectivity index (χ1) is 15.8. The molecule has 0 saturated carbocycles. The van der Waals surface area contributed by atoms with Gasteiger partial charge in [0.15, 0.2) is 0 Å². The number of fused-ring (bicyclic) bond motifs is 4. The number of nitrogens with zero attached hydrogens (tertiary/aromatic N) is 1. The van der Waals surface area contributed by atoms with Gasteiger partial charge in [0.1, 0.15) is 6.10 Å². The van der Waals surface area contributed by atoms with Gasteiger partial charge in [0.2, 0.25) is 0 Å². The van der Waals surface area contributed by atoms with E-state index in [9.17, 15) is 4.79 Å². The molecule has 3 saturated heterocycles. The molecule has 1 aliphatic carbocycles. The number of carbonyl (C=O) groups is 1. The molecule has 176 valence electrons. The number of amides is 1. The van der Waals surface area contributed by atoms with Gasteiger partial charge in [0, 0.05) is 6.54 Å². The zero-order valence-electron chi connectivity index (χ0n) is 20.6. The van der Waals surface area contributed by atoms with Crippen LogP contribution in [-0.2, 0) is 17.6 Å². The van der Waals surface area contributed by atoms with Crippen LogP contribution in [0.2, 0.25) is 0 Å². The summed E-state index contributed by atoms with van der Waals surface area (Å²) in [6, 6.07) is 15.6. The summed E-state index contributed by atoms with van der Waals surface area (Å²) in [5.41, 5.74) is 6.43.